The lowest BCUT2D eigenvalue weighted by atomic mass is 10.1. The third-order valence-electron chi connectivity index (χ3n) is 2.76. The van der Waals surface area contributed by atoms with Gasteiger partial charge < -0.3 is 9.72 Å². The van der Waals surface area contributed by atoms with Gasteiger partial charge in [-0.3, -0.25) is 0 Å². The van der Waals surface area contributed by atoms with Gasteiger partial charge in [0.2, 0.25) is 0 Å². The van der Waals surface area contributed by atoms with Crippen molar-refractivity contribution >= 4 is 5.97 Å². The molecule has 4 nitrogen and oxygen atoms in total. The van der Waals surface area contributed by atoms with E-state index in [1.807, 2.05) is 6.92 Å². The fourth-order valence-corrected chi connectivity index (χ4v) is 1.33. The van der Waals surface area contributed by atoms with Crippen molar-refractivity contribution in [3.63, 3.8) is 0 Å². The standard InChI is InChI=1S/C13H20N2O2/c1-6-9(4)12-14-7-11(15-12)10(5)17-13(16)8(2)3/h7,9-10H,2,6H2,1,3-5H3,(H,14,15). The molecule has 0 aliphatic heterocycles. The molecule has 4 heteroatoms. The average molecular weight is 236 g/mol. The van der Waals surface area contributed by atoms with E-state index < -0.39 is 0 Å². The Bertz CT molecular complexity index is 409. The number of ether oxygens (including phenoxy) is 1. The molecule has 1 heterocycles. The van der Waals surface area contributed by atoms with E-state index in [-0.39, 0.29) is 12.1 Å². The van der Waals surface area contributed by atoms with Crippen molar-refractivity contribution in [1.82, 2.24) is 9.97 Å². The van der Waals surface area contributed by atoms with Crippen LogP contribution in [0.3, 0.4) is 0 Å². The first-order valence-corrected chi connectivity index (χ1v) is 5.87. The van der Waals surface area contributed by atoms with Gasteiger partial charge in [0.15, 0.2) is 0 Å². The smallest absolute Gasteiger partial charge is 0.333 e. The summed E-state index contributed by atoms with van der Waals surface area (Å²) < 4.78 is 5.21. The van der Waals surface area contributed by atoms with Gasteiger partial charge in [-0.05, 0) is 20.3 Å². The molecule has 1 rings (SSSR count). The van der Waals surface area contributed by atoms with E-state index in [0.717, 1.165) is 17.9 Å². The minimum atomic E-state index is -0.378. The van der Waals surface area contributed by atoms with Crippen molar-refractivity contribution in [2.75, 3.05) is 0 Å². The second-order valence-electron chi connectivity index (χ2n) is 4.36. The molecule has 0 aliphatic rings. The lowest BCUT2D eigenvalue weighted by Gasteiger charge is -2.11. The fraction of sp³-hybridized carbons (Fsp3) is 0.538. The van der Waals surface area contributed by atoms with E-state index >= 15 is 0 Å². The maximum absolute atomic E-state index is 11.4. The highest BCUT2D eigenvalue weighted by Crippen LogP contribution is 2.20. The summed E-state index contributed by atoms with van der Waals surface area (Å²) in [4.78, 5) is 18.8. The molecule has 2 atom stereocenters. The number of esters is 1. The Hall–Kier alpha value is -1.58. The highest BCUT2D eigenvalue weighted by atomic mass is 16.5. The van der Waals surface area contributed by atoms with Crippen molar-refractivity contribution in [2.24, 2.45) is 0 Å². The van der Waals surface area contributed by atoms with Crippen LogP contribution in [0.4, 0.5) is 0 Å². The number of hydrogen-bond donors (Lipinski definition) is 1. The van der Waals surface area contributed by atoms with Gasteiger partial charge in [0.25, 0.3) is 0 Å². The zero-order chi connectivity index (χ0) is 13.0. The topological polar surface area (TPSA) is 55.0 Å². The van der Waals surface area contributed by atoms with Crippen LogP contribution in [0.15, 0.2) is 18.3 Å². The molecule has 0 aliphatic carbocycles. The molecule has 0 fully saturated rings. The first-order chi connectivity index (χ1) is 7.95. The third-order valence-corrected chi connectivity index (χ3v) is 2.76. The van der Waals surface area contributed by atoms with Gasteiger partial charge in [-0.25, -0.2) is 9.78 Å². The maximum Gasteiger partial charge on any atom is 0.333 e. The Morgan fingerprint density at radius 2 is 2.24 bits per heavy atom. The molecule has 1 aromatic heterocycles. The number of carbonyl (C=O) groups excluding carboxylic acids is 1. The first-order valence-electron chi connectivity index (χ1n) is 5.87. The second-order valence-corrected chi connectivity index (χ2v) is 4.36. The van der Waals surface area contributed by atoms with E-state index in [2.05, 4.69) is 30.4 Å². The Kier molecular flexibility index (Phi) is 4.49. The second kappa shape index (κ2) is 5.66. The quantitative estimate of drug-likeness (QED) is 0.631. The molecule has 0 aromatic carbocycles. The van der Waals surface area contributed by atoms with Gasteiger partial charge in [-0.2, -0.15) is 0 Å². The van der Waals surface area contributed by atoms with Crippen LogP contribution in [-0.4, -0.2) is 15.9 Å². The molecule has 0 radical (unpaired) electrons. The number of hydrogen-bond acceptors (Lipinski definition) is 3. The SMILES string of the molecule is C=C(C)C(=O)OC(C)c1cnc(C(C)CC)[nH]1. The van der Waals surface area contributed by atoms with Gasteiger partial charge in [0, 0.05) is 11.5 Å². The molecular weight excluding hydrogens is 216 g/mol. The normalized spacial score (nSPS) is 14.1. The van der Waals surface area contributed by atoms with E-state index in [4.69, 9.17) is 4.74 Å². The first kappa shape index (κ1) is 13.5. The number of aromatic amines is 1. The zero-order valence-electron chi connectivity index (χ0n) is 10.9. The predicted molar refractivity (Wildman–Crippen MR) is 66.6 cm³/mol. The number of carbonyl (C=O) groups is 1. The molecule has 17 heavy (non-hydrogen) atoms. The Balaban J connectivity index is 2.70. The predicted octanol–water partition coefficient (Wildman–Crippen LogP) is 3.10. The molecule has 0 saturated heterocycles. The minimum absolute atomic E-state index is 0.329. The van der Waals surface area contributed by atoms with Crippen LogP contribution in [0.25, 0.3) is 0 Å². The Morgan fingerprint density at radius 1 is 1.59 bits per heavy atom. The third kappa shape index (κ3) is 3.44. The summed E-state index contributed by atoms with van der Waals surface area (Å²) >= 11 is 0. The van der Waals surface area contributed by atoms with E-state index in [1.165, 1.54) is 0 Å². The highest BCUT2D eigenvalue weighted by Gasteiger charge is 2.16. The number of rotatable bonds is 5. The van der Waals surface area contributed by atoms with Gasteiger partial charge >= 0.3 is 5.97 Å². The molecule has 1 N–H and O–H groups in total. The van der Waals surface area contributed by atoms with Crippen molar-refractivity contribution < 1.29 is 9.53 Å². The number of imidazole rings is 1. The molecule has 0 bridgehead atoms. The van der Waals surface area contributed by atoms with E-state index in [1.54, 1.807) is 13.1 Å². The molecule has 1 aromatic rings. The number of nitrogens with one attached hydrogen (secondary N) is 1. The van der Waals surface area contributed by atoms with Crippen LogP contribution in [-0.2, 0) is 9.53 Å². The fourth-order valence-electron chi connectivity index (χ4n) is 1.33. The monoisotopic (exact) mass is 236 g/mol. The average Bonchev–Trinajstić information content (AvgIpc) is 2.77. The number of H-pyrrole nitrogens is 1. The summed E-state index contributed by atoms with van der Waals surface area (Å²) in [6.07, 6.45) is 2.41. The van der Waals surface area contributed by atoms with Crippen LogP contribution in [0.5, 0.6) is 0 Å². The molecule has 0 amide bonds. The van der Waals surface area contributed by atoms with Gasteiger partial charge in [0.1, 0.15) is 11.9 Å². The Morgan fingerprint density at radius 3 is 2.76 bits per heavy atom. The van der Waals surface area contributed by atoms with Crippen molar-refractivity contribution in [3.8, 4) is 0 Å². The van der Waals surface area contributed by atoms with Crippen LogP contribution in [0.2, 0.25) is 0 Å². The lowest BCUT2D eigenvalue weighted by molar-refractivity contribution is -0.143. The lowest BCUT2D eigenvalue weighted by Crippen LogP contribution is -2.09. The van der Waals surface area contributed by atoms with Crippen LogP contribution in [0, 0.1) is 0 Å². The summed E-state index contributed by atoms with van der Waals surface area (Å²) in [6.45, 7) is 11.2. The zero-order valence-corrected chi connectivity index (χ0v) is 10.9. The molecule has 0 spiro atoms. The number of aromatic nitrogens is 2. The molecule has 0 saturated carbocycles. The maximum atomic E-state index is 11.4. The summed E-state index contributed by atoms with van der Waals surface area (Å²) in [6, 6.07) is 0. The summed E-state index contributed by atoms with van der Waals surface area (Å²) in [5.41, 5.74) is 1.22. The summed E-state index contributed by atoms with van der Waals surface area (Å²) in [5, 5.41) is 0. The minimum Gasteiger partial charge on any atom is -0.453 e. The van der Waals surface area contributed by atoms with Crippen molar-refractivity contribution in [2.45, 2.75) is 46.1 Å². The molecule has 2 unspecified atom stereocenters. The van der Waals surface area contributed by atoms with Crippen LogP contribution >= 0.6 is 0 Å². The van der Waals surface area contributed by atoms with Crippen LogP contribution in [0.1, 0.15) is 57.7 Å². The van der Waals surface area contributed by atoms with Gasteiger partial charge in [0.05, 0.1) is 11.9 Å². The number of nitrogens with zero attached hydrogens (tertiary/aromatic N) is 1. The molecule has 94 valence electrons. The van der Waals surface area contributed by atoms with Crippen LogP contribution < -0.4 is 0 Å². The largest absolute Gasteiger partial charge is 0.453 e. The van der Waals surface area contributed by atoms with Gasteiger partial charge in [-0.1, -0.05) is 20.4 Å². The Labute approximate surface area is 102 Å². The highest BCUT2D eigenvalue weighted by molar-refractivity contribution is 5.87. The van der Waals surface area contributed by atoms with Crippen molar-refractivity contribution in [1.29, 1.82) is 0 Å². The van der Waals surface area contributed by atoms with Crippen molar-refractivity contribution in [3.05, 3.63) is 29.9 Å². The summed E-state index contributed by atoms with van der Waals surface area (Å²) in [7, 11) is 0. The van der Waals surface area contributed by atoms with E-state index in [0.29, 0.717) is 11.5 Å². The molecular formula is C13H20N2O2. The van der Waals surface area contributed by atoms with E-state index in [9.17, 15) is 4.79 Å². The van der Waals surface area contributed by atoms with Gasteiger partial charge in [-0.15, -0.1) is 0 Å². The summed E-state index contributed by atoms with van der Waals surface area (Å²) in [5.74, 6) is 0.936.